The SMILES string of the molecule is CC(C)C[C@H](NC(=O)[C@@H]1CCCN1C(=O)[C@H](CC(C)C)NC(=O)[C@H](CCCCN)NC(=O)[C@H](CC(N)=O)NC(=O)[C@H](CO)NC(=O)[C@H](CCC(N)=O)NC(=O)[C@@H](N)CCC(N)=O)C(=O)N[C@H](C(=O)O)[C@@H](C)O. The second-order valence-corrected chi connectivity index (χ2v) is 18.6. The Morgan fingerprint density at radius 2 is 1.06 bits per heavy atom. The van der Waals surface area contributed by atoms with Crippen LogP contribution in [0.15, 0.2) is 0 Å². The van der Waals surface area contributed by atoms with Crippen LogP contribution in [0.25, 0.3) is 0 Å². The van der Waals surface area contributed by atoms with Gasteiger partial charge in [-0.2, -0.15) is 0 Å². The number of amides is 11. The summed E-state index contributed by atoms with van der Waals surface area (Å²) in [6.07, 6.45) is -2.36. The molecule has 1 saturated heterocycles. The Kier molecular flexibility index (Phi) is 28.0. The maximum absolute atomic E-state index is 14.3. The minimum Gasteiger partial charge on any atom is -0.480 e. The van der Waals surface area contributed by atoms with Crippen LogP contribution in [0.1, 0.15) is 112 Å². The third-order valence-electron chi connectivity index (χ3n) is 11.3. The predicted octanol–water partition coefficient (Wildman–Crippen LogP) is -6.22. The molecular formula is C44H77N13O15. The lowest BCUT2D eigenvalue weighted by Gasteiger charge is -2.32. The first-order chi connectivity index (χ1) is 33.6. The van der Waals surface area contributed by atoms with Gasteiger partial charge in [0.25, 0.3) is 0 Å². The number of aliphatic carboxylic acids is 1. The molecule has 0 aromatic heterocycles. The zero-order chi connectivity index (χ0) is 55.0. The number of hydrogen-bond donors (Lipinski definition) is 15. The molecule has 0 aliphatic carbocycles. The zero-order valence-electron chi connectivity index (χ0n) is 41.6. The van der Waals surface area contributed by atoms with Gasteiger partial charge in [-0.05, 0) is 83.1 Å². The van der Waals surface area contributed by atoms with Crippen LogP contribution in [0.4, 0.5) is 0 Å². The smallest absolute Gasteiger partial charge is 0.328 e. The Balaban J connectivity index is 3.39. The lowest BCUT2D eigenvalue weighted by Crippen LogP contribution is -2.61. The van der Waals surface area contributed by atoms with Crippen LogP contribution >= 0.6 is 0 Å². The molecule has 408 valence electrons. The average Bonchev–Trinajstić information content (AvgIpc) is 3.78. The largest absolute Gasteiger partial charge is 0.480 e. The van der Waals surface area contributed by atoms with Crippen molar-refractivity contribution in [3.63, 3.8) is 0 Å². The number of unbranched alkanes of at least 4 members (excludes halogenated alkanes) is 1. The summed E-state index contributed by atoms with van der Waals surface area (Å²) >= 11 is 0. The van der Waals surface area contributed by atoms with Crippen LogP contribution in [-0.2, 0) is 57.5 Å². The van der Waals surface area contributed by atoms with Crippen molar-refractivity contribution in [3.8, 4) is 0 Å². The number of nitrogens with zero attached hydrogens (tertiary/aromatic N) is 1. The highest BCUT2D eigenvalue weighted by Gasteiger charge is 2.41. The standard InChI is InChI=1S/C44H77N13O15/c1-21(2)17-27(40(67)56-35(23(5)59)44(71)72)53-42(69)31-10-8-16-57(31)43(70)29(18-22(3)4)54-37(64)25(9-6-7-15-45)51-39(66)28(19-34(49)62)52-41(68)30(20-58)55-38(65)26(12-14-33(48)61)50-36(63)24(46)11-13-32(47)60/h21-31,35,58-59H,6-20,45-46H2,1-5H3,(H2,47,60)(H2,48,61)(H2,49,62)(H,50,63)(H,51,66)(H,52,68)(H,53,69)(H,54,64)(H,55,65)(H,56,67)(H,71,72)/t23-,24+,25+,26+,27+,28+,29+,30+,31+,35+/m1/s1. The summed E-state index contributed by atoms with van der Waals surface area (Å²) in [5.41, 5.74) is 27.2. The summed E-state index contributed by atoms with van der Waals surface area (Å²) in [6, 6.07) is -13.3. The number of carbonyl (C=O) groups excluding carboxylic acids is 11. The number of nitrogens with two attached hydrogens (primary N) is 5. The first-order valence-electron chi connectivity index (χ1n) is 23.9. The molecule has 10 atom stereocenters. The number of rotatable bonds is 34. The van der Waals surface area contributed by atoms with E-state index < -0.39 is 157 Å². The summed E-state index contributed by atoms with van der Waals surface area (Å²) in [5.74, 6) is -12.1. The molecule has 0 bridgehead atoms. The maximum atomic E-state index is 14.3. The second-order valence-electron chi connectivity index (χ2n) is 18.6. The van der Waals surface area contributed by atoms with Gasteiger partial charge in [0.1, 0.15) is 42.3 Å². The van der Waals surface area contributed by atoms with Crippen molar-refractivity contribution in [3.05, 3.63) is 0 Å². The quantitative estimate of drug-likeness (QED) is 0.0267. The van der Waals surface area contributed by atoms with Crippen molar-refractivity contribution in [2.45, 2.75) is 172 Å². The van der Waals surface area contributed by atoms with Crippen molar-refractivity contribution in [2.24, 2.45) is 40.5 Å². The molecule has 28 heteroatoms. The molecule has 1 heterocycles. The molecule has 20 N–H and O–H groups in total. The summed E-state index contributed by atoms with van der Waals surface area (Å²) in [7, 11) is 0. The molecule has 0 unspecified atom stereocenters. The van der Waals surface area contributed by atoms with Crippen LogP contribution in [0.2, 0.25) is 0 Å². The minimum absolute atomic E-state index is 0.0526. The Bertz CT molecular complexity index is 1920. The van der Waals surface area contributed by atoms with Crippen molar-refractivity contribution >= 4 is 70.9 Å². The third-order valence-corrected chi connectivity index (χ3v) is 11.3. The van der Waals surface area contributed by atoms with E-state index in [9.17, 15) is 72.9 Å². The van der Waals surface area contributed by atoms with Crippen LogP contribution in [0.3, 0.4) is 0 Å². The summed E-state index contributed by atoms with van der Waals surface area (Å²) in [6.45, 7) is 7.44. The molecule has 0 saturated carbocycles. The van der Waals surface area contributed by atoms with E-state index in [1.54, 1.807) is 27.7 Å². The lowest BCUT2D eigenvalue weighted by atomic mass is 10.00. The van der Waals surface area contributed by atoms with E-state index in [0.717, 1.165) is 0 Å². The van der Waals surface area contributed by atoms with Gasteiger partial charge in [0.05, 0.1) is 25.2 Å². The van der Waals surface area contributed by atoms with Crippen LogP contribution in [0, 0.1) is 11.8 Å². The van der Waals surface area contributed by atoms with Crippen molar-refractivity contribution < 1.29 is 72.9 Å². The van der Waals surface area contributed by atoms with Crippen LogP contribution < -0.4 is 65.9 Å². The first-order valence-corrected chi connectivity index (χ1v) is 23.9. The maximum Gasteiger partial charge on any atom is 0.328 e. The molecule has 72 heavy (non-hydrogen) atoms. The van der Waals surface area contributed by atoms with E-state index in [1.165, 1.54) is 11.8 Å². The van der Waals surface area contributed by atoms with Gasteiger partial charge >= 0.3 is 5.97 Å². The Morgan fingerprint density at radius 1 is 0.583 bits per heavy atom. The number of likely N-dealkylation sites (tertiary alicyclic amines) is 1. The van der Waals surface area contributed by atoms with Gasteiger partial charge in [0.15, 0.2) is 6.04 Å². The highest BCUT2D eigenvalue weighted by Crippen LogP contribution is 2.22. The summed E-state index contributed by atoms with van der Waals surface area (Å²) in [4.78, 5) is 157. The van der Waals surface area contributed by atoms with Gasteiger partial charge < -0.3 is 86.1 Å². The molecular weight excluding hydrogens is 951 g/mol. The molecule has 1 fully saturated rings. The van der Waals surface area contributed by atoms with Crippen molar-refractivity contribution in [2.75, 3.05) is 19.7 Å². The van der Waals surface area contributed by atoms with Crippen molar-refractivity contribution in [1.82, 2.24) is 42.1 Å². The van der Waals surface area contributed by atoms with E-state index in [1.807, 2.05) is 0 Å². The van der Waals surface area contributed by atoms with E-state index >= 15 is 0 Å². The van der Waals surface area contributed by atoms with E-state index in [2.05, 4.69) is 37.2 Å². The topological polar surface area (TPSA) is 483 Å². The molecule has 0 spiro atoms. The van der Waals surface area contributed by atoms with Crippen LogP contribution in [-0.4, -0.2) is 171 Å². The molecule has 0 aromatic carbocycles. The molecule has 28 nitrogen and oxygen atoms in total. The number of aliphatic hydroxyl groups is 2. The van der Waals surface area contributed by atoms with Crippen LogP contribution in [0.5, 0.6) is 0 Å². The highest BCUT2D eigenvalue weighted by molar-refractivity contribution is 5.99. The van der Waals surface area contributed by atoms with Gasteiger partial charge in [-0.25, -0.2) is 4.79 Å². The number of carboxylic acids is 1. The fraction of sp³-hybridized carbons (Fsp3) is 0.727. The third kappa shape index (κ3) is 22.7. The normalized spacial score (nSPS) is 17.1. The fourth-order valence-corrected chi connectivity index (χ4v) is 7.53. The van der Waals surface area contributed by atoms with Gasteiger partial charge in [-0.15, -0.1) is 0 Å². The highest BCUT2D eigenvalue weighted by atomic mass is 16.4. The van der Waals surface area contributed by atoms with E-state index in [-0.39, 0.29) is 69.9 Å². The number of carboxylic acid groups (broad SMARTS) is 1. The Hall–Kier alpha value is -6.52. The summed E-state index contributed by atoms with van der Waals surface area (Å²) in [5, 5.41) is 46.2. The average molecular weight is 1030 g/mol. The monoisotopic (exact) mass is 1030 g/mol. The van der Waals surface area contributed by atoms with Gasteiger partial charge in [0, 0.05) is 19.4 Å². The number of aliphatic hydroxyl groups excluding tert-OH is 2. The Morgan fingerprint density at radius 3 is 1.57 bits per heavy atom. The molecule has 0 radical (unpaired) electrons. The molecule has 1 aliphatic rings. The minimum atomic E-state index is -1.85. The number of carbonyl (C=O) groups is 12. The zero-order valence-corrected chi connectivity index (χ0v) is 41.6. The fourth-order valence-electron chi connectivity index (χ4n) is 7.53. The Labute approximate surface area is 417 Å². The molecule has 1 rings (SSSR count). The van der Waals surface area contributed by atoms with Gasteiger partial charge in [-0.3, -0.25) is 52.7 Å². The molecule has 11 amide bonds. The van der Waals surface area contributed by atoms with Crippen molar-refractivity contribution in [1.29, 1.82) is 0 Å². The second kappa shape index (κ2) is 31.7. The van der Waals surface area contributed by atoms with E-state index in [0.29, 0.717) is 12.8 Å². The number of hydrogen-bond acceptors (Lipinski definition) is 16. The van der Waals surface area contributed by atoms with E-state index in [4.69, 9.17) is 28.7 Å². The first kappa shape index (κ1) is 63.5. The van der Waals surface area contributed by atoms with Gasteiger partial charge in [0.2, 0.25) is 65.0 Å². The number of primary amides is 3. The summed E-state index contributed by atoms with van der Waals surface area (Å²) < 4.78 is 0. The molecule has 1 aliphatic heterocycles. The lowest BCUT2D eigenvalue weighted by molar-refractivity contribution is -0.146. The molecule has 0 aromatic rings. The predicted molar refractivity (Wildman–Crippen MR) is 255 cm³/mol. The number of nitrogens with one attached hydrogen (secondary N) is 7. The van der Waals surface area contributed by atoms with Gasteiger partial charge in [-0.1, -0.05) is 27.7 Å².